The molecule has 1 aliphatic rings. The van der Waals surface area contributed by atoms with E-state index in [0.29, 0.717) is 12.0 Å². The molecule has 2 unspecified atom stereocenters. The zero-order chi connectivity index (χ0) is 12.5. The first kappa shape index (κ1) is 12.6. The summed E-state index contributed by atoms with van der Waals surface area (Å²) in [5, 5.41) is 3.46. The van der Waals surface area contributed by atoms with Gasteiger partial charge in [0.1, 0.15) is 5.82 Å². The van der Waals surface area contributed by atoms with Gasteiger partial charge in [0.25, 0.3) is 0 Å². The summed E-state index contributed by atoms with van der Waals surface area (Å²) < 4.78 is 13.9. The summed E-state index contributed by atoms with van der Waals surface area (Å²) in [4.78, 5) is 0. The van der Waals surface area contributed by atoms with Crippen molar-refractivity contribution in [2.45, 2.75) is 45.1 Å². The summed E-state index contributed by atoms with van der Waals surface area (Å²) in [6.45, 7) is 7.47. The lowest BCUT2D eigenvalue weighted by atomic mass is 9.90. The second kappa shape index (κ2) is 4.77. The Morgan fingerprint density at radius 1 is 1.41 bits per heavy atom. The molecular formula is C15H22FN. The van der Waals surface area contributed by atoms with E-state index in [2.05, 4.69) is 26.1 Å². The predicted molar refractivity (Wildman–Crippen MR) is 69.6 cm³/mol. The predicted octanol–water partition coefficient (Wildman–Crippen LogP) is 3.49. The van der Waals surface area contributed by atoms with Gasteiger partial charge in [-0.25, -0.2) is 4.39 Å². The van der Waals surface area contributed by atoms with Crippen molar-refractivity contribution in [3.63, 3.8) is 0 Å². The first-order chi connectivity index (χ1) is 8.10. The maximum atomic E-state index is 13.9. The molecule has 17 heavy (non-hydrogen) atoms. The van der Waals surface area contributed by atoms with Gasteiger partial charge >= 0.3 is 0 Å². The van der Waals surface area contributed by atoms with Gasteiger partial charge in [-0.05, 0) is 36.9 Å². The molecule has 2 rings (SSSR count). The first-order valence-corrected chi connectivity index (χ1v) is 6.58. The molecule has 1 aromatic carbocycles. The van der Waals surface area contributed by atoms with Crippen molar-refractivity contribution in [2.24, 2.45) is 5.92 Å². The average Bonchev–Trinajstić information content (AvgIpc) is 3.02. The average molecular weight is 235 g/mol. The largest absolute Gasteiger partial charge is 0.314 e. The highest BCUT2D eigenvalue weighted by molar-refractivity contribution is 5.35. The highest BCUT2D eigenvalue weighted by Crippen LogP contribution is 2.56. The van der Waals surface area contributed by atoms with Crippen LogP contribution in [0, 0.1) is 11.7 Å². The smallest absolute Gasteiger partial charge is 0.126 e. The van der Waals surface area contributed by atoms with Gasteiger partial charge in [-0.2, -0.15) is 0 Å². The van der Waals surface area contributed by atoms with Crippen LogP contribution in [-0.4, -0.2) is 12.6 Å². The van der Waals surface area contributed by atoms with Crippen LogP contribution in [0.3, 0.4) is 0 Å². The monoisotopic (exact) mass is 235 g/mol. The van der Waals surface area contributed by atoms with Crippen LogP contribution in [-0.2, 0) is 5.41 Å². The van der Waals surface area contributed by atoms with Crippen molar-refractivity contribution in [3.05, 3.63) is 35.6 Å². The van der Waals surface area contributed by atoms with Gasteiger partial charge in [0, 0.05) is 11.5 Å². The Kier molecular flexibility index (Phi) is 3.53. The molecule has 1 aliphatic carbocycles. The molecule has 1 N–H and O–H groups in total. The standard InChI is InChI=1S/C15H22FN/c1-4-15(9-12(15)10-17-11(2)3)13-7-5-6-8-14(13)16/h5-8,11-12,17H,4,9-10H2,1-3H3. The van der Waals surface area contributed by atoms with Crippen LogP contribution in [0.1, 0.15) is 39.2 Å². The zero-order valence-electron chi connectivity index (χ0n) is 11.0. The fourth-order valence-electron chi connectivity index (χ4n) is 2.84. The Morgan fingerprint density at radius 2 is 2.12 bits per heavy atom. The topological polar surface area (TPSA) is 12.0 Å². The van der Waals surface area contributed by atoms with Crippen LogP contribution in [0.25, 0.3) is 0 Å². The second-order valence-corrected chi connectivity index (χ2v) is 5.45. The molecule has 0 radical (unpaired) electrons. The lowest BCUT2D eigenvalue weighted by Gasteiger charge is -2.17. The minimum absolute atomic E-state index is 0.0404. The highest BCUT2D eigenvalue weighted by atomic mass is 19.1. The lowest BCUT2D eigenvalue weighted by Crippen LogP contribution is -2.27. The van der Waals surface area contributed by atoms with Crippen LogP contribution in [0.15, 0.2) is 24.3 Å². The van der Waals surface area contributed by atoms with E-state index in [0.717, 1.165) is 24.9 Å². The number of halogens is 1. The number of hydrogen-bond acceptors (Lipinski definition) is 1. The fourth-order valence-corrected chi connectivity index (χ4v) is 2.84. The number of rotatable bonds is 5. The molecule has 0 bridgehead atoms. The summed E-state index contributed by atoms with van der Waals surface area (Å²) in [5.74, 6) is 0.549. The van der Waals surface area contributed by atoms with E-state index >= 15 is 0 Å². The third-order valence-electron chi connectivity index (χ3n) is 4.05. The molecular weight excluding hydrogens is 213 g/mol. The summed E-state index contributed by atoms with van der Waals surface area (Å²) in [5.41, 5.74) is 1.01. The molecule has 0 spiro atoms. The van der Waals surface area contributed by atoms with Gasteiger partial charge in [-0.15, -0.1) is 0 Å². The molecule has 0 heterocycles. The molecule has 2 atom stereocenters. The van der Waals surface area contributed by atoms with Crippen LogP contribution < -0.4 is 5.32 Å². The van der Waals surface area contributed by atoms with Gasteiger partial charge in [0.15, 0.2) is 0 Å². The van der Waals surface area contributed by atoms with Gasteiger partial charge in [-0.1, -0.05) is 39.0 Å². The van der Waals surface area contributed by atoms with E-state index < -0.39 is 0 Å². The van der Waals surface area contributed by atoms with Crippen molar-refractivity contribution < 1.29 is 4.39 Å². The SMILES string of the molecule is CCC1(c2ccccc2F)CC1CNC(C)C. The third kappa shape index (κ3) is 2.37. The Bertz CT molecular complexity index is 388. The van der Waals surface area contributed by atoms with Gasteiger partial charge in [0.05, 0.1) is 0 Å². The van der Waals surface area contributed by atoms with Crippen LogP contribution in [0.5, 0.6) is 0 Å². The van der Waals surface area contributed by atoms with E-state index in [1.165, 1.54) is 0 Å². The van der Waals surface area contributed by atoms with Gasteiger partial charge < -0.3 is 5.32 Å². The van der Waals surface area contributed by atoms with Crippen LogP contribution in [0.4, 0.5) is 4.39 Å². The van der Waals surface area contributed by atoms with E-state index in [9.17, 15) is 4.39 Å². The molecule has 0 aliphatic heterocycles. The van der Waals surface area contributed by atoms with Gasteiger partial charge in [0.2, 0.25) is 0 Å². The molecule has 1 saturated carbocycles. The minimum atomic E-state index is -0.0404. The van der Waals surface area contributed by atoms with Crippen molar-refractivity contribution in [1.82, 2.24) is 5.32 Å². The number of nitrogens with one attached hydrogen (secondary N) is 1. The lowest BCUT2D eigenvalue weighted by molar-refractivity contribution is 0.487. The minimum Gasteiger partial charge on any atom is -0.314 e. The maximum Gasteiger partial charge on any atom is 0.126 e. The first-order valence-electron chi connectivity index (χ1n) is 6.58. The summed E-state index contributed by atoms with van der Waals surface area (Å²) in [6.07, 6.45) is 2.14. The summed E-state index contributed by atoms with van der Waals surface area (Å²) >= 11 is 0. The molecule has 0 saturated heterocycles. The summed E-state index contributed by atoms with van der Waals surface area (Å²) in [6, 6.07) is 7.75. The van der Waals surface area contributed by atoms with Crippen molar-refractivity contribution in [2.75, 3.05) is 6.54 Å². The highest BCUT2D eigenvalue weighted by Gasteiger charge is 2.54. The maximum absolute atomic E-state index is 13.9. The van der Waals surface area contributed by atoms with Gasteiger partial charge in [-0.3, -0.25) is 0 Å². The Balaban J connectivity index is 2.11. The second-order valence-electron chi connectivity index (χ2n) is 5.45. The van der Waals surface area contributed by atoms with Crippen molar-refractivity contribution >= 4 is 0 Å². The Morgan fingerprint density at radius 3 is 2.71 bits per heavy atom. The van der Waals surface area contributed by atoms with E-state index in [1.807, 2.05) is 12.1 Å². The van der Waals surface area contributed by atoms with Crippen molar-refractivity contribution in [3.8, 4) is 0 Å². The quantitative estimate of drug-likeness (QED) is 0.823. The Labute approximate surface area is 103 Å². The van der Waals surface area contributed by atoms with Crippen LogP contribution >= 0.6 is 0 Å². The Hall–Kier alpha value is -0.890. The molecule has 0 amide bonds. The molecule has 1 fully saturated rings. The third-order valence-corrected chi connectivity index (χ3v) is 4.05. The van der Waals surface area contributed by atoms with E-state index in [1.54, 1.807) is 12.1 Å². The van der Waals surface area contributed by atoms with Crippen LogP contribution in [0.2, 0.25) is 0 Å². The molecule has 0 aromatic heterocycles. The normalized spacial score (nSPS) is 27.5. The number of hydrogen-bond donors (Lipinski definition) is 1. The molecule has 94 valence electrons. The fraction of sp³-hybridized carbons (Fsp3) is 0.600. The van der Waals surface area contributed by atoms with E-state index in [4.69, 9.17) is 0 Å². The summed E-state index contributed by atoms with van der Waals surface area (Å²) in [7, 11) is 0. The molecule has 1 aromatic rings. The van der Waals surface area contributed by atoms with E-state index in [-0.39, 0.29) is 11.2 Å². The zero-order valence-corrected chi connectivity index (χ0v) is 11.0. The van der Waals surface area contributed by atoms with Crippen molar-refractivity contribution in [1.29, 1.82) is 0 Å². The molecule has 2 heteroatoms. The number of benzene rings is 1. The molecule has 1 nitrogen and oxygen atoms in total.